The summed E-state index contributed by atoms with van der Waals surface area (Å²) in [4.78, 5) is 11.8. The molecule has 0 unspecified atom stereocenters. The van der Waals surface area contributed by atoms with Crippen molar-refractivity contribution in [3.63, 3.8) is 0 Å². The van der Waals surface area contributed by atoms with E-state index in [2.05, 4.69) is 20.8 Å². The number of carbonyl (C=O) groups is 1. The molecule has 0 atom stereocenters. The number of hydrogen-bond acceptors (Lipinski definition) is 3. The second kappa shape index (κ2) is 5.21. The van der Waals surface area contributed by atoms with Gasteiger partial charge in [0.05, 0.1) is 12.2 Å². The summed E-state index contributed by atoms with van der Waals surface area (Å²) < 4.78 is 5.25. The lowest BCUT2D eigenvalue weighted by Crippen LogP contribution is -2.14. The normalized spacial score (nSPS) is 11.3. The minimum absolute atomic E-state index is 0.172. The highest BCUT2D eigenvalue weighted by atomic mass is 16.5. The quantitative estimate of drug-likeness (QED) is 0.646. The summed E-state index contributed by atoms with van der Waals surface area (Å²) >= 11 is 0. The first-order valence-corrected chi connectivity index (χ1v) is 5.83. The van der Waals surface area contributed by atoms with E-state index in [1.807, 2.05) is 6.92 Å². The maximum absolute atomic E-state index is 11.8. The Labute approximate surface area is 103 Å². The van der Waals surface area contributed by atoms with Gasteiger partial charge in [0.15, 0.2) is 0 Å². The highest BCUT2D eigenvalue weighted by Gasteiger charge is 2.14. The number of nitrogens with two attached hydrogens (primary N) is 1. The van der Waals surface area contributed by atoms with E-state index in [4.69, 9.17) is 10.5 Å². The zero-order valence-corrected chi connectivity index (χ0v) is 11.0. The Bertz CT molecular complexity index is 405. The van der Waals surface area contributed by atoms with Crippen molar-refractivity contribution in [2.75, 3.05) is 12.3 Å². The fraction of sp³-hybridized carbons (Fsp3) is 0.500. The van der Waals surface area contributed by atoms with E-state index in [0.717, 1.165) is 12.0 Å². The summed E-state index contributed by atoms with van der Waals surface area (Å²) in [5.41, 5.74) is 7.88. The van der Waals surface area contributed by atoms with Gasteiger partial charge in [-0.3, -0.25) is 0 Å². The topological polar surface area (TPSA) is 52.3 Å². The van der Waals surface area contributed by atoms with Crippen LogP contribution in [0.15, 0.2) is 18.2 Å². The van der Waals surface area contributed by atoms with Crippen molar-refractivity contribution in [1.82, 2.24) is 0 Å². The number of benzene rings is 1. The summed E-state index contributed by atoms with van der Waals surface area (Å²) in [6.07, 6.45) is 0.847. The van der Waals surface area contributed by atoms with E-state index in [-0.39, 0.29) is 11.4 Å². The third kappa shape index (κ3) is 4.10. The molecule has 0 aliphatic heterocycles. The van der Waals surface area contributed by atoms with Crippen LogP contribution in [0.25, 0.3) is 0 Å². The van der Waals surface area contributed by atoms with E-state index < -0.39 is 0 Å². The van der Waals surface area contributed by atoms with Crippen LogP contribution in [-0.4, -0.2) is 12.6 Å². The third-order valence-electron chi connectivity index (χ3n) is 2.68. The number of ether oxygens (including phenoxy) is 1. The molecule has 0 radical (unpaired) electrons. The number of hydrogen-bond donors (Lipinski definition) is 1. The van der Waals surface area contributed by atoms with Gasteiger partial charge in [-0.05, 0) is 36.5 Å². The smallest absolute Gasteiger partial charge is 0.338 e. The average Bonchev–Trinajstić information content (AvgIpc) is 2.20. The number of esters is 1. The van der Waals surface area contributed by atoms with Gasteiger partial charge in [0.1, 0.15) is 0 Å². The molecule has 1 aromatic rings. The van der Waals surface area contributed by atoms with E-state index in [0.29, 0.717) is 17.9 Å². The molecule has 1 aromatic carbocycles. The summed E-state index contributed by atoms with van der Waals surface area (Å²) in [6.45, 7) is 8.62. The van der Waals surface area contributed by atoms with Gasteiger partial charge >= 0.3 is 5.97 Å². The predicted octanol–water partition coefficient (Wildman–Crippen LogP) is 3.17. The average molecular weight is 235 g/mol. The van der Waals surface area contributed by atoms with Crippen LogP contribution >= 0.6 is 0 Å². The molecule has 0 aliphatic carbocycles. The minimum atomic E-state index is -0.293. The molecule has 0 fully saturated rings. The summed E-state index contributed by atoms with van der Waals surface area (Å²) in [5.74, 6) is -0.293. The third-order valence-corrected chi connectivity index (χ3v) is 2.68. The van der Waals surface area contributed by atoms with Crippen molar-refractivity contribution in [2.45, 2.75) is 34.1 Å². The molecule has 2 N–H and O–H groups in total. The maximum Gasteiger partial charge on any atom is 0.338 e. The molecule has 1 rings (SSSR count). The molecular weight excluding hydrogens is 214 g/mol. The molecule has 0 aromatic heterocycles. The van der Waals surface area contributed by atoms with Gasteiger partial charge in [-0.25, -0.2) is 4.79 Å². The Hall–Kier alpha value is -1.51. The van der Waals surface area contributed by atoms with E-state index in [9.17, 15) is 4.79 Å². The van der Waals surface area contributed by atoms with Gasteiger partial charge in [0.25, 0.3) is 0 Å². The predicted molar refractivity (Wildman–Crippen MR) is 69.9 cm³/mol. The van der Waals surface area contributed by atoms with Gasteiger partial charge in [-0.1, -0.05) is 26.8 Å². The standard InChI is InChI=1S/C14H21NO2/c1-10-11(6-5-7-12(10)15)13(16)17-9-8-14(2,3)4/h5-7H,8-9,15H2,1-4H3. The monoisotopic (exact) mass is 235 g/mol. The summed E-state index contributed by atoms with van der Waals surface area (Å²) in [6, 6.07) is 5.29. The fourth-order valence-corrected chi connectivity index (χ4v) is 1.40. The largest absolute Gasteiger partial charge is 0.462 e. The SMILES string of the molecule is Cc1c(N)cccc1C(=O)OCCC(C)(C)C. The molecule has 0 bridgehead atoms. The number of nitrogen functional groups attached to an aromatic ring is 1. The van der Waals surface area contributed by atoms with Gasteiger partial charge < -0.3 is 10.5 Å². The van der Waals surface area contributed by atoms with Crippen LogP contribution in [-0.2, 0) is 4.74 Å². The first-order valence-electron chi connectivity index (χ1n) is 5.83. The number of rotatable bonds is 3. The van der Waals surface area contributed by atoms with Gasteiger partial charge in [-0.15, -0.1) is 0 Å². The lowest BCUT2D eigenvalue weighted by Gasteiger charge is -2.17. The van der Waals surface area contributed by atoms with Crippen LogP contribution in [0.1, 0.15) is 43.1 Å². The Morgan fingerprint density at radius 2 is 2.00 bits per heavy atom. The van der Waals surface area contributed by atoms with Gasteiger partial charge in [0.2, 0.25) is 0 Å². The van der Waals surface area contributed by atoms with Crippen LogP contribution in [0.4, 0.5) is 5.69 Å². The summed E-state index contributed by atoms with van der Waals surface area (Å²) in [5, 5.41) is 0. The lowest BCUT2D eigenvalue weighted by atomic mass is 9.93. The Morgan fingerprint density at radius 1 is 1.35 bits per heavy atom. The zero-order valence-electron chi connectivity index (χ0n) is 11.0. The van der Waals surface area contributed by atoms with Crippen molar-refractivity contribution in [3.05, 3.63) is 29.3 Å². The molecule has 0 aliphatic rings. The Balaban J connectivity index is 2.62. The molecule has 0 amide bonds. The molecule has 0 spiro atoms. The number of anilines is 1. The Morgan fingerprint density at radius 3 is 2.59 bits per heavy atom. The maximum atomic E-state index is 11.8. The van der Waals surface area contributed by atoms with Gasteiger partial charge in [0, 0.05) is 5.69 Å². The first-order chi connectivity index (χ1) is 7.81. The molecule has 0 heterocycles. The highest BCUT2D eigenvalue weighted by molar-refractivity contribution is 5.92. The number of carbonyl (C=O) groups excluding carboxylic acids is 1. The molecule has 17 heavy (non-hydrogen) atoms. The molecule has 3 heteroatoms. The van der Waals surface area contributed by atoms with Crippen molar-refractivity contribution >= 4 is 11.7 Å². The molecule has 0 saturated heterocycles. The van der Waals surface area contributed by atoms with Crippen LogP contribution in [0.2, 0.25) is 0 Å². The van der Waals surface area contributed by atoms with E-state index in [1.165, 1.54) is 0 Å². The fourth-order valence-electron chi connectivity index (χ4n) is 1.40. The Kier molecular flexibility index (Phi) is 4.16. The highest BCUT2D eigenvalue weighted by Crippen LogP contribution is 2.20. The van der Waals surface area contributed by atoms with Crippen molar-refractivity contribution in [2.24, 2.45) is 5.41 Å². The second-order valence-electron chi connectivity index (χ2n) is 5.47. The molecule has 94 valence electrons. The second-order valence-corrected chi connectivity index (χ2v) is 5.47. The zero-order chi connectivity index (χ0) is 13.1. The van der Waals surface area contributed by atoms with E-state index >= 15 is 0 Å². The van der Waals surface area contributed by atoms with Gasteiger partial charge in [-0.2, -0.15) is 0 Å². The van der Waals surface area contributed by atoms with Crippen molar-refractivity contribution < 1.29 is 9.53 Å². The summed E-state index contributed by atoms with van der Waals surface area (Å²) in [7, 11) is 0. The van der Waals surface area contributed by atoms with Crippen molar-refractivity contribution in [3.8, 4) is 0 Å². The van der Waals surface area contributed by atoms with Crippen LogP contribution in [0.5, 0.6) is 0 Å². The minimum Gasteiger partial charge on any atom is -0.462 e. The van der Waals surface area contributed by atoms with Crippen LogP contribution in [0.3, 0.4) is 0 Å². The van der Waals surface area contributed by atoms with Crippen molar-refractivity contribution in [1.29, 1.82) is 0 Å². The van der Waals surface area contributed by atoms with E-state index in [1.54, 1.807) is 18.2 Å². The van der Waals surface area contributed by atoms with Crippen LogP contribution in [0, 0.1) is 12.3 Å². The lowest BCUT2D eigenvalue weighted by molar-refractivity contribution is 0.0464. The molecular formula is C14H21NO2. The first kappa shape index (κ1) is 13.6. The molecule has 0 saturated carbocycles. The molecule has 3 nitrogen and oxygen atoms in total. The van der Waals surface area contributed by atoms with Crippen LogP contribution < -0.4 is 5.73 Å².